The second kappa shape index (κ2) is 6.70. The smallest absolute Gasteiger partial charge is 0.151 e. The molecule has 5 nitrogen and oxygen atoms in total. The maximum Gasteiger partial charge on any atom is 0.151 e. The van der Waals surface area contributed by atoms with Crippen molar-refractivity contribution in [1.82, 2.24) is 15.4 Å². The van der Waals surface area contributed by atoms with E-state index in [1.165, 1.54) is 25.7 Å². The number of piperidine rings is 1. The van der Waals surface area contributed by atoms with Crippen LogP contribution in [-0.4, -0.2) is 42.9 Å². The van der Waals surface area contributed by atoms with Crippen molar-refractivity contribution in [2.24, 2.45) is 5.92 Å². The minimum absolute atomic E-state index is 0.718. The number of likely N-dealkylation sites (tertiary alicyclic amines) is 1. The van der Waals surface area contributed by atoms with Crippen molar-refractivity contribution in [3.63, 3.8) is 0 Å². The molecule has 112 valence electrons. The van der Waals surface area contributed by atoms with E-state index < -0.39 is 0 Å². The van der Waals surface area contributed by atoms with Gasteiger partial charge in [-0.1, -0.05) is 5.16 Å². The Morgan fingerprint density at radius 2 is 2.15 bits per heavy atom. The van der Waals surface area contributed by atoms with E-state index in [1.54, 1.807) is 7.11 Å². The zero-order valence-electron chi connectivity index (χ0n) is 12.3. The van der Waals surface area contributed by atoms with Gasteiger partial charge in [0.25, 0.3) is 0 Å². The zero-order chi connectivity index (χ0) is 13.8. The summed E-state index contributed by atoms with van der Waals surface area (Å²) in [6, 6.07) is 2.81. The second-order valence-electron chi connectivity index (χ2n) is 6.11. The molecule has 2 aliphatic rings. The monoisotopic (exact) mass is 279 g/mol. The molecular formula is C15H25N3O2. The van der Waals surface area contributed by atoms with Crippen molar-refractivity contribution < 1.29 is 9.26 Å². The van der Waals surface area contributed by atoms with Crippen LogP contribution in [0.15, 0.2) is 10.6 Å². The van der Waals surface area contributed by atoms with Crippen molar-refractivity contribution in [2.45, 2.75) is 44.8 Å². The lowest BCUT2D eigenvalue weighted by Crippen LogP contribution is -2.34. The Morgan fingerprint density at radius 3 is 2.85 bits per heavy atom. The van der Waals surface area contributed by atoms with Crippen LogP contribution in [0.5, 0.6) is 0 Å². The first-order valence-corrected chi connectivity index (χ1v) is 7.72. The first kappa shape index (κ1) is 14.0. The highest BCUT2D eigenvalue weighted by Crippen LogP contribution is 2.21. The van der Waals surface area contributed by atoms with Crippen LogP contribution < -0.4 is 5.32 Å². The van der Waals surface area contributed by atoms with E-state index in [4.69, 9.17) is 9.26 Å². The van der Waals surface area contributed by atoms with E-state index in [0.29, 0.717) is 0 Å². The third-order valence-electron chi connectivity index (χ3n) is 4.25. The number of methoxy groups -OCH3 is 1. The summed E-state index contributed by atoms with van der Waals surface area (Å²) in [5, 5.41) is 7.60. The fourth-order valence-corrected chi connectivity index (χ4v) is 2.82. The number of rotatable bonds is 7. The normalized spacial score (nSPS) is 21.4. The highest BCUT2D eigenvalue weighted by Gasteiger charge is 2.22. The first-order valence-electron chi connectivity index (χ1n) is 7.72. The summed E-state index contributed by atoms with van der Waals surface area (Å²) >= 11 is 0. The molecule has 5 heteroatoms. The Bertz CT molecular complexity index is 409. The molecule has 1 N–H and O–H groups in total. The SMILES string of the molecule is COCC1CCN(Cc2cc(CNC3CC3)no2)CC1. The van der Waals surface area contributed by atoms with E-state index in [2.05, 4.69) is 21.4 Å². The van der Waals surface area contributed by atoms with Crippen molar-refractivity contribution in [3.8, 4) is 0 Å². The van der Waals surface area contributed by atoms with Crippen LogP contribution in [0.3, 0.4) is 0 Å². The fraction of sp³-hybridized carbons (Fsp3) is 0.800. The maximum absolute atomic E-state index is 5.44. The van der Waals surface area contributed by atoms with Crippen LogP contribution in [0.25, 0.3) is 0 Å². The molecule has 1 aromatic heterocycles. The van der Waals surface area contributed by atoms with Gasteiger partial charge in [-0.2, -0.15) is 0 Å². The van der Waals surface area contributed by atoms with Crippen LogP contribution in [0.2, 0.25) is 0 Å². The molecule has 0 bridgehead atoms. The summed E-state index contributed by atoms with van der Waals surface area (Å²) in [6.07, 6.45) is 5.05. The molecule has 0 aromatic carbocycles. The molecule has 0 spiro atoms. The van der Waals surface area contributed by atoms with Crippen molar-refractivity contribution in [3.05, 3.63) is 17.5 Å². The predicted octanol–water partition coefficient (Wildman–Crippen LogP) is 1.79. The van der Waals surface area contributed by atoms with Gasteiger partial charge in [-0.3, -0.25) is 4.90 Å². The lowest BCUT2D eigenvalue weighted by Gasteiger charge is -2.30. The number of ether oxygens (including phenoxy) is 1. The lowest BCUT2D eigenvalue weighted by molar-refractivity contribution is 0.0928. The molecule has 0 unspecified atom stereocenters. The minimum atomic E-state index is 0.718. The van der Waals surface area contributed by atoms with Crippen molar-refractivity contribution in [1.29, 1.82) is 0 Å². The molecule has 1 saturated carbocycles. The van der Waals surface area contributed by atoms with Gasteiger partial charge in [0.2, 0.25) is 0 Å². The Kier molecular flexibility index (Phi) is 4.70. The van der Waals surface area contributed by atoms with Crippen LogP contribution in [0.1, 0.15) is 37.1 Å². The molecule has 20 heavy (non-hydrogen) atoms. The van der Waals surface area contributed by atoms with Gasteiger partial charge < -0.3 is 14.6 Å². The molecule has 2 fully saturated rings. The van der Waals surface area contributed by atoms with E-state index in [0.717, 1.165) is 56.2 Å². The highest BCUT2D eigenvalue weighted by molar-refractivity contribution is 5.06. The predicted molar refractivity (Wildman–Crippen MR) is 76.2 cm³/mol. The fourth-order valence-electron chi connectivity index (χ4n) is 2.82. The average Bonchev–Trinajstić information content (AvgIpc) is 3.19. The second-order valence-corrected chi connectivity index (χ2v) is 6.11. The van der Waals surface area contributed by atoms with Crippen LogP contribution in [0.4, 0.5) is 0 Å². The zero-order valence-corrected chi connectivity index (χ0v) is 12.3. The Morgan fingerprint density at radius 1 is 1.35 bits per heavy atom. The number of nitrogens with zero attached hydrogens (tertiary/aromatic N) is 2. The van der Waals surface area contributed by atoms with Gasteiger partial charge in [0.1, 0.15) is 0 Å². The Labute approximate surface area is 120 Å². The molecule has 1 aromatic rings. The minimum Gasteiger partial charge on any atom is -0.384 e. The van der Waals surface area contributed by atoms with Crippen molar-refractivity contribution >= 4 is 0 Å². The van der Waals surface area contributed by atoms with Gasteiger partial charge in [-0.25, -0.2) is 0 Å². The van der Waals surface area contributed by atoms with Gasteiger partial charge in [-0.05, 0) is 44.7 Å². The largest absolute Gasteiger partial charge is 0.384 e. The van der Waals surface area contributed by atoms with E-state index in [1.807, 2.05) is 0 Å². The molecule has 1 aliphatic carbocycles. The summed E-state index contributed by atoms with van der Waals surface area (Å²) in [5.74, 6) is 1.71. The van der Waals surface area contributed by atoms with E-state index >= 15 is 0 Å². The molecule has 2 heterocycles. The summed E-state index contributed by atoms with van der Waals surface area (Å²) < 4.78 is 10.7. The topological polar surface area (TPSA) is 50.5 Å². The van der Waals surface area contributed by atoms with Crippen LogP contribution in [0, 0.1) is 5.92 Å². The molecule has 0 amide bonds. The molecule has 0 radical (unpaired) electrons. The van der Waals surface area contributed by atoms with Gasteiger partial charge >= 0.3 is 0 Å². The quantitative estimate of drug-likeness (QED) is 0.824. The Balaban J connectivity index is 1.41. The van der Waals surface area contributed by atoms with Gasteiger partial charge in [0.05, 0.1) is 12.2 Å². The molecule has 1 aliphatic heterocycles. The Hall–Kier alpha value is -0.910. The van der Waals surface area contributed by atoms with E-state index in [9.17, 15) is 0 Å². The molecule has 3 rings (SSSR count). The third-order valence-corrected chi connectivity index (χ3v) is 4.25. The van der Waals surface area contributed by atoms with Crippen molar-refractivity contribution in [2.75, 3.05) is 26.8 Å². The number of nitrogens with one attached hydrogen (secondary N) is 1. The lowest BCUT2D eigenvalue weighted by atomic mass is 9.98. The summed E-state index contributed by atoms with van der Waals surface area (Å²) in [7, 11) is 1.79. The van der Waals surface area contributed by atoms with Crippen LogP contribution in [-0.2, 0) is 17.8 Å². The summed E-state index contributed by atoms with van der Waals surface area (Å²) in [6.45, 7) is 4.88. The first-order chi connectivity index (χ1) is 9.83. The van der Waals surface area contributed by atoms with Gasteiger partial charge in [-0.15, -0.1) is 0 Å². The van der Waals surface area contributed by atoms with Gasteiger partial charge in [0, 0.05) is 32.4 Å². The standard InChI is InChI=1S/C15H25N3O2/c1-19-11-12-4-6-18(7-5-12)10-15-8-14(17-20-15)9-16-13-2-3-13/h8,12-13,16H,2-7,9-11H2,1H3. The molecule has 1 saturated heterocycles. The third kappa shape index (κ3) is 4.04. The van der Waals surface area contributed by atoms with E-state index in [-0.39, 0.29) is 0 Å². The summed E-state index contributed by atoms with van der Waals surface area (Å²) in [5.41, 5.74) is 1.03. The number of hydrogen-bond acceptors (Lipinski definition) is 5. The number of hydrogen-bond donors (Lipinski definition) is 1. The molecular weight excluding hydrogens is 254 g/mol. The summed E-state index contributed by atoms with van der Waals surface area (Å²) in [4.78, 5) is 2.45. The highest BCUT2D eigenvalue weighted by atomic mass is 16.5. The van der Waals surface area contributed by atoms with Crippen LogP contribution >= 0.6 is 0 Å². The number of aromatic nitrogens is 1. The molecule has 0 atom stereocenters. The van der Waals surface area contributed by atoms with Gasteiger partial charge in [0.15, 0.2) is 5.76 Å². The maximum atomic E-state index is 5.44. The average molecular weight is 279 g/mol.